The van der Waals surface area contributed by atoms with Crippen LogP contribution in [0.4, 0.5) is 4.79 Å². The van der Waals surface area contributed by atoms with E-state index in [1.54, 1.807) is 0 Å². The van der Waals surface area contributed by atoms with Crippen LogP contribution in [0.1, 0.15) is 63.0 Å². The summed E-state index contributed by atoms with van der Waals surface area (Å²) in [5.41, 5.74) is 1.93. The van der Waals surface area contributed by atoms with Crippen LogP contribution in [0.15, 0.2) is 24.3 Å². The fourth-order valence-corrected chi connectivity index (χ4v) is 4.23. The number of nitriles is 1. The fourth-order valence-electron chi connectivity index (χ4n) is 4.23. The Labute approximate surface area is 167 Å². The van der Waals surface area contributed by atoms with Crippen molar-refractivity contribution >= 4 is 6.03 Å². The van der Waals surface area contributed by atoms with E-state index in [2.05, 4.69) is 23.2 Å². The number of likely N-dealkylation sites (tertiary alicyclic amines) is 1. The largest absolute Gasteiger partial charge is 0.394 e. The normalized spacial score (nSPS) is 24.7. The van der Waals surface area contributed by atoms with Gasteiger partial charge < -0.3 is 15.3 Å². The number of aliphatic hydroxyl groups is 1. The molecule has 2 aliphatic rings. The zero-order valence-corrected chi connectivity index (χ0v) is 16.7. The number of carbonyl (C=O) groups excluding carboxylic acids is 1. The molecule has 28 heavy (non-hydrogen) atoms. The fraction of sp³-hybridized carbons (Fsp3) is 0.565. The van der Waals surface area contributed by atoms with Gasteiger partial charge >= 0.3 is 6.03 Å². The number of carbonyl (C=O) groups is 1. The second-order valence-electron chi connectivity index (χ2n) is 8.09. The first kappa shape index (κ1) is 20.2. The van der Waals surface area contributed by atoms with Crippen molar-refractivity contribution in [3.05, 3.63) is 35.4 Å². The topological polar surface area (TPSA) is 76.4 Å². The molecule has 5 heteroatoms. The van der Waals surface area contributed by atoms with Gasteiger partial charge in [0.15, 0.2) is 0 Å². The molecule has 1 aliphatic heterocycles. The third kappa shape index (κ3) is 4.32. The summed E-state index contributed by atoms with van der Waals surface area (Å²) in [7, 11) is 0. The van der Waals surface area contributed by atoms with E-state index < -0.39 is 6.04 Å². The Morgan fingerprint density at radius 1 is 1.25 bits per heavy atom. The summed E-state index contributed by atoms with van der Waals surface area (Å²) in [4.78, 5) is 13.8. The van der Waals surface area contributed by atoms with Crippen molar-refractivity contribution < 1.29 is 9.90 Å². The summed E-state index contributed by atoms with van der Waals surface area (Å²) in [6.45, 7) is 3.58. The predicted molar refractivity (Wildman–Crippen MR) is 108 cm³/mol. The highest BCUT2D eigenvalue weighted by molar-refractivity contribution is 5.77. The van der Waals surface area contributed by atoms with Crippen LogP contribution in [-0.2, 0) is 0 Å². The zero-order chi connectivity index (χ0) is 20.1. The minimum absolute atomic E-state index is 0.0211. The molecule has 1 saturated heterocycles. The Balaban J connectivity index is 1.71. The maximum atomic E-state index is 12.4. The minimum atomic E-state index is -0.574. The molecule has 3 atom stereocenters. The van der Waals surface area contributed by atoms with Gasteiger partial charge in [-0.15, -0.1) is 0 Å². The molecule has 148 valence electrons. The Morgan fingerprint density at radius 2 is 1.93 bits per heavy atom. The summed E-state index contributed by atoms with van der Waals surface area (Å²) in [6, 6.07) is 8.85. The van der Waals surface area contributed by atoms with E-state index >= 15 is 0 Å². The minimum Gasteiger partial charge on any atom is -0.394 e. The van der Waals surface area contributed by atoms with Crippen molar-refractivity contribution in [2.24, 2.45) is 5.92 Å². The lowest BCUT2D eigenvalue weighted by atomic mass is 9.76. The Bertz CT molecular complexity index is 779. The van der Waals surface area contributed by atoms with Crippen molar-refractivity contribution in [3.8, 4) is 17.9 Å². The third-order valence-corrected chi connectivity index (χ3v) is 5.70. The SMILES string of the molecule is CC(C)NC(=O)N1[C@H](CO)[C@@H](c2ccc(C#CC3CCCCC3)cc2)[C@@H]1C#N. The average molecular weight is 380 g/mol. The molecule has 0 radical (unpaired) electrons. The number of hydrogen-bond donors (Lipinski definition) is 2. The smallest absolute Gasteiger partial charge is 0.319 e. The second-order valence-corrected chi connectivity index (χ2v) is 8.09. The molecule has 1 saturated carbocycles. The quantitative estimate of drug-likeness (QED) is 0.791. The first-order valence-corrected chi connectivity index (χ1v) is 10.3. The average Bonchev–Trinajstić information content (AvgIpc) is 2.67. The van der Waals surface area contributed by atoms with Gasteiger partial charge in [-0.05, 0) is 44.4 Å². The second kappa shape index (κ2) is 9.13. The summed E-state index contributed by atoms with van der Waals surface area (Å²) < 4.78 is 0. The van der Waals surface area contributed by atoms with Crippen LogP contribution in [0.3, 0.4) is 0 Å². The van der Waals surface area contributed by atoms with Crippen LogP contribution >= 0.6 is 0 Å². The molecular formula is C23H29N3O2. The molecule has 0 spiro atoms. The highest BCUT2D eigenvalue weighted by Gasteiger charge is 2.51. The Hall–Kier alpha value is -2.50. The molecule has 1 aliphatic carbocycles. The first-order chi connectivity index (χ1) is 13.5. The summed E-state index contributed by atoms with van der Waals surface area (Å²) in [5, 5.41) is 22.2. The Kier molecular flexibility index (Phi) is 6.60. The van der Waals surface area contributed by atoms with E-state index in [1.807, 2.05) is 38.1 Å². The number of hydrogen-bond acceptors (Lipinski definition) is 3. The Morgan fingerprint density at radius 3 is 2.50 bits per heavy atom. The van der Waals surface area contributed by atoms with Crippen LogP contribution in [-0.4, -0.2) is 40.8 Å². The molecule has 3 rings (SSSR count). The van der Waals surface area contributed by atoms with Gasteiger partial charge in [0.2, 0.25) is 0 Å². The molecule has 5 nitrogen and oxygen atoms in total. The van der Waals surface area contributed by atoms with Crippen molar-refractivity contribution in [1.82, 2.24) is 10.2 Å². The van der Waals surface area contributed by atoms with E-state index in [-0.39, 0.29) is 30.6 Å². The van der Waals surface area contributed by atoms with Crippen molar-refractivity contribution in [2.45, 2.75) is 70.0 Å². The summed E-state index contributed by atoms with van der Waals surface area (Å²) in [6.07, 6.45) is 6.28. The van der Waals surface area contributed by atoms with Gasteiger partial charge in [0.1, 0.15) is 6.04 Å². The van der Waals surface area contributed by atoms with E-state index in [9.17, 15) is 15.2 Å². The molecule has 1 heterocycles. The molecule has 0 bridgehead atoms. The highest BCUT2D eigenvalue weighted by atomic mass is 16.3. The standard InChI is InChI=1S/C23H29N3O2/c1-16(2)25-23(28)26-20(14-24)22(21(26)15-27)19-12-10-18(11-13-19)9-8-17-6-4-3-5-7-17/h10-13,16-17,20-22,27H,3-7,15H2,1-2H3,(H,25,28)/t20-,21+,22-/m0/s1. The van der Waals surface area contributed by atoms with Crippen LogP contribution in [0.2, 0.25) is 0 Å². The van der Waals surface area contributed by atoms with E-state index in [0.717, 1.165) is 11.1 Å². The maximum Gasteiger partial charge on any atom is 0.319 e. The van der Waals surface area contributed by atoms with Gasteiger partial charge in [-0.3, -0.25) is 0 Å². The third-order valence-electron chi connectivity index (χ3n) is 5.70. The summed E-state index contributed by atoms with van der Waals surface area (Å²) >= 11 is 0. The van der Waals surface area contributed by atoms with Crippen molar-refractivity contribution in [2.75, 3.05) is 6.61 Å². The van der Waals surface area contributed by atoms with Crippen LogP contribution < -0.4 is 5.32 Å². The molecule has 2 amide bonds. The highest BCUT2D eigenvalue weighted by Crippen LogP contribution is 2.40. The number of benzene rings is 1. The number of amides is 2. The van der Waals surface area contributed by atoms with Crippen LogP contribution in [0, 0.1) is 29.1 Å². The van der Waals surface area contributed by atoms with Gasteiger partial charge in [0.25, 0.3) is 0 Å². The molecule has 2 N–H and O–H groups in total. The van der Waals surface area contributed by atoms with E-state index in [1.165, 1.54) is 37.0 Å². The lowest BCUT2D eigenvalue weighted by Gasteiger charge is -2.51. The molecular weight excluding hydrogens is 350 g/mol. The molecule has 2 fully saturated rings. The number of nitrogens with one attached hydrogen (secondary N) is 1. The van der Waals surface area contributed by atoms with E-state index in [0.29, 0.717) is 5.92 Å². The molecule has 1 aromatic carbocycles. The predicted octanol–water partition coefficient (Wildman–Crippen LogP) is 3.39. The lowest BCUT2D eigenvalue weighted by Crippen LogP contribution is -2.67. The number of urea groups is 1. The van der Waals surface area contributed by atoms with Crippen molar-refractivity contribution in [3.63, 3.8) is 0 Å². The van der Waals surface area contributed by atoms with E-state index in [4.69, 9.17) is 0 Å². The first-order valence-electron chi connectivity index (χ1n) is 10.3. The maximum absolute atomic E-state index is 12.4. The summed E-state index contributed by atoms with van der Waals surface area (Å²) in [5.74, 6) is 6.99. The molecule has 1 aromatic rings. The van der Waals surface area contributed by atoms with Crippen LogP contribution in [0.5, 0.6) is 0 Å². The number of aliphatic hydroxyl groups excluding tert-OH is 1. The zero-order valence-electron chi connectivity index (χ0n) is 16.7. The number of rotatable bonds is 3. The van der Waals surface area contributed by atoms with Crippen molar-refractivity contribution in [1.29, 1.82) is 5.26 Å². The van der Waals surface area contributed by atoms with Gasteiger partial charge in [0, 0.05) is 23.4 Å². The van der Waals surface area contributed by atoms with Gasteiger partial charge in [-0.2, -0.15) is 5.26 Å². The molecule has 0 unspecified atom stereocenters. The molecule has 0 aromatic heterocycles. The monoisotopic (exact) mass is 379 g/mol. The van der Waals surface area contributed by atoms with Gasteiger partial charge in [-0.25, -0.2) is 4.79 Å². The number of nitrogens with zero attached hydrogens (tertiary/aromatic N) is 2. The van der Waals surface area contributed by atoms with Gasteiger partial charge in [-0.1, -0.05) is 43.2 Å². The van der Waals surface area contributed by atoms with Crippen LogP contribution in [0.25, 0.3) is 0 Å². The van der Waals surface area contributed by atoms with Gasteiger partial charge in [0.05, 0.1) is 18.7 Å². The lowest BCUT2D eigenvalue weighted by molar-refractivity contribution is 0.0162.